The van der Waals surface area contributed by atoms with Gasteiger partial charge in [-0.2, -0.15) is 0 Å². The van der Waals surface area contributed by atoms with Crippen molar-refractivity contribution in [3.05, 3.63) is 152 Å². The van der Waals surface area contributed by atoms with Gasteiger partial charge in [-0.25, -0.2) is 0 Å². The van der Waals surface area contributed by atoms with Crippen LogP contribution in [0, 0.1) is 0 Å². The van der Waals surface area contributed by atoms with E-state index >= 15 is 0 Å². The molecule has 10 rings (SSSR count). The van der Waals surface area contributed by atoms with E-state index in [0.29, 0.717) is 0 Å². The second kappa shape index (κ2) is 10.5. The first kappa shape index (κ1) is 28.0. The summed E-state index contributed by atoms with van der Waals surface area (Å²) in [6, 6.07) is 56.4. The van der Waals surface area contributed by atoms with Crippen molar-refractivity contribution < 1.29 is 0 Å². The van der Waals surface area contributed by atoms with Crippen LogP contribution in [0.4, 0.5) is 17.1 Å². The summed E-state index contributed by atoms with van der Waals surface area (Å²) in [4.78, 5) is 2.42. The second-order valence-corrected chi connectivity index (χ2v) is 19.8. The number of hydrogen-bond acceptors (Lipinski definition) is 3. The second-order valence-electron chi connectivity index (χ2n) is 13.3. The number of para-hydroxylation sites is 1. The summed E-state index contributed by atoms with van der Waals surface area (Å²) in [6.45, 7) is 5.05. The molecule has 0 amide bonds. The highest BCUT2D eigenvalue weighted by atomic mass is 32.1. The number of thiophene rings is 2. The Morgan fingerprint density at radius 3 is 1.83 bits per heavy atom. The van der Waals surface area contributed by atoms with Crippen LogP contribution in [0.25, 0.3) is 62.6 Å². The Balaban J connectivity index is 1.08. The van der Waals surface area contributed by atoms with Crippen molar-refractivity contribution in [1.29, 1.82) is 0 Å². The molecule has 0 unspecified atom stereocenters. The molecule has 0 atom stereocenters. The van der Waals surface area contributed by atoms with E-state index in [0.717, 1.165) is 5.69 Å². The van der Waals surface area contributed by atoms with Crippen LogP contribution in [0.3, 0.4) is 0 Å². The number of benzene rings is 7. The van der Waals surface area contributed by atoms with Crippen molar-refractivity contribution >= 4 is 98.5 Å². The monoisotopic (exact) mass is 665 g/mol. The van der Waals surface area contributed by atoms with Crippen LogP contribution in [0.5, 0.6) is 0 Å². The minimum absolute atomic E-state index is 1.16. The predicted molar refractivity (Wildman–Crippen MR) is 215 cm³/mol. The molecule has 0 radical (unpaired) electrons. The number of fused-ring (bicyclic) bond motifs is 10. The molecule has 48 heavy (non-hydrogen) atoms. The maximum absolute atomic E-state index is 2.52. The first-order valence-corrected chi connectivity index (χ1v) is 21.1. The Labute approximate surface area is 289 Å². The lowest BCUT2D eigenvalue weighted by molar-refractivity contribution is 1.29. The van der Waals surface area contributed by atoms with Crippen LogP contribution in [0.15, 0.2) is 152 Å². The average molecular weight is 666 g/mol. The molecule has 0 fully saturated rings. The van der Waals surface area contributed by atoms with Crippen LogP contribution < -0.4 is 15.3 Å². The smallest absolute Gasteiger partial charge is 0.114 e. The molecule has 1 nitrogen and oxygen atoms in total. The average Bonchev–Trinajstić information content (AvgIpc) is 3.76. The Morgan fingerprint density at radius 2 is 1.04 bits per heavy atom. The normalized spacial score (nSPS) is 13.4. The third-order valence-corrected chi connectivity index (χ3v) is 16.1. The Morgan fingerprint density at radius 1 is 0.438 bits per heavy atom. The molecule has 4 heteroatoms. The van der Waals surface area contributed by atoms with Gasteiger partial charge in [0.1, 0.15) is 8.07 Å². The van der Waals surface area contributed by atoms with Gasteiger partial charge >= 0.3 is 0 Å². The summed E-state index contributed by atoms with van der Waals surface area (Å²) < 4.78 is 5.48. The van der Waals surface area contributed by atoms with E-state index in [9.17, 15) is 0 Å². The lowest BCUT2D eigenvalue weighted by atomic mass is 10.0. The summed E-state index contributed by atoms with van der Waals surface area (Å²) in [5, 5.41) is 8.51. The minimum Gasteiger partial charge on any atom is -0.311 e. The van der Waals surface area contributed by atoms with Gasteiger partial charge in [-0.1, -0.05) is 110 Å². The highest BCUT2D eigenvalue weighted by Crippen LogP contribution is 2.44. The van der Waals surface area contributed by atoms with Gasteiger partial charge in [0.2, 0.25) is 0 Å². The molecule has 1 aliphatic heterocycles. The molecule has 3 heterocycles. The van der Waals surface area contributed by atoms with Gasteiger partial charge in [0.25, 0.3) is 0 Å². The lowest BCUT2D eigenvalue weighted by Crippen LogP contribution is -2.49. The van der Waals surface area contributed by atoms with Crippen molar-refractivity contribution in [2.24, 2.45) is 0 Å². The van der Waals surface area contributed by atoms with Crippen LogP contribution in [0.2, 0.25) is 13.1 Å². The van der Waals surface area contributed by atoms with Crippen LogP contribution in [0.1, 0.15) is 0 Å². The van der Waals surface area contributed by atoms with Gasteiger partial charge < -0.3 is 4.90 Å². The van der Waals surface area contributed by atoms with Gasteiger partial charge in [0.15, 0.2) is 0 Å². The lowest BCUT2D eigenvalue weighted by Gasteiger charge is -2.27. The highest BCUT2D eigenvalue weighted by Gasteiger charge is 2.39. The van der Waals surface area contributed by atoms with E-state index in [-0.39, 0.29) is 0 Å². The predicted octanol–water partition coefficient (Wildman–Crippen LogP) is 12.4. The van der Waals surface area contributed by atoms with Gasteiger partial charge in [-0.3, -0.25) is 0 Å². The summed E-state index contributed by atoms with van der Waals surface area (Å²) in [6.07, 6.45) is 0. The molecule has 0 bridgehead atoms. The van der Waals surface area contributed by atoms with E-state index in [1.165, 1.54) is 79.2 Å². The molecule has 1 aliphatic rings. The number of anilines is 3. The van der Waals surface area contributed by atoms with E-state index in [4.69, 9.17) is 0 Å². The fraction of sp³-hybridized carbons (Fsp3) is 0.0455. The minimum atomic E-state index is -1.93. The zero-order chi connectivity index (χ0) is 32.0. The molecular formula is C44H31NS2Si. The standard InChI is InChI=1S/C44H31NS2Si/c1-48(2)41-25-24-36-34-13-7-9-15-39(34)47-44(36)43(41)37-23-21-32(27-42(37)48)45(30-10-4-3-5-11-30)31-19-16-28(17-20-31)29-18-22-35-33-12-6-8-14-38(33)46-40(35)26-29/h3-27H,1-2H3. The summed E-state index contributed by atoms with van der Waals surface area (Å²) in [5.74, 6) is 0. The summed E-state index contributed by atoms with van der Waals surface area (Å²) in [7, 11) is -1.93. The molecule has 2 aromatic heterocycles. The van der Waals surface area contributed by atoms with E-state index in [1.54, 1.807) is 5.19 Å². The SMILES string of the molecule is C[Si]1(C)c2cc(N(c3ccccc3)c3ccc(-c4ccc5c(c4)sc4ccccc45)cc3)ccc2-c2c1ccc1c2sc2ccccc21. The Kier molecular flexibility index (Phi) is 6.13. The number of hydrogen-bond donors (Lipinski definition) is 0. The summed E-state index contributed by atoms with van der Waals surface area (Å²) in [5.41, 5.74) is 8.91. The van der Waals surface area contributed by atoms with Crippen molar-refractivity contribution in [3.63, 3.8) is 0 Å². The molecule has 0 saturated heterocycles. The summed E-state index contributed by atoms with van der Waals surface area (Å²) >= 11 is 3.82. The molecule has 7 aromatic carbocycles. The molecule has 0 saturated carbocycles. The largest absolute Gasteiger partial charge is 0.311 e. The highest BCUT2D eigenvalue weighted by molar-refractivity contribution is 7.27. The van der Waals surface area contributed by atoms with E-state index in [2.05, 4.69) is 170 Å². The zero-order valence-electron chi connectivity index (χ0n) is 26.7. The first-order valence-electron chi connectivity index (χ1n) is 16.5. The molecular weight excluding hydrogens is 635 g/mol. The molecule has 9 aromatic rings. The van der Waals surface area contributed by atoms with Crippen molar-refractivity contribution in [2.75, 3.05) is 4.90 Å². The van der Waals surface area contributed by atoms with Crippen molar-refractivity contribution in [2.45, 2.75) is 13.1 Å². The van der Waals surface area contributed by atoms with Gasteiger partial charge in [0, 0.05) is 57.4 Å². The topological polar surface area (TPSA) is 3.24 Å². The quantitative estimate of drug-likeness (QED) is 0.169. The fourth-order valence-corrected chi connectivity index (χ4v) is 13.4. The molecule has 228 valence electrons. The maximum Gasteiger partial charge on any atom is 0.114 e. The number of rotatable bonds is 4. The van der Waals surface area contributed by atoms with E-state index in [1.807, 2.05) is 22.7 Å². The molecule has 0 N–H and O–H groups in total. The van der Waals surface area contributed by atoms with Crippen LogP contribution in [-0.4, -0.2) is 8.07 Å². The van der Waals surface area contributed by atoms with Crippen molar-refractivity contribution in [1.82, 2.24) is 0 Å². The third kappa shape index (κ3) is 4.13. The zero-order valence-corrected chi connectivity index (χ0v) is 29.3. The Hall–Kier alpha value is -5.00. The van der Waals surface area contributed by atoms with Crippen molar-refractivity contribution in [3.8, 4) is 22.3 Å². The van der Waals surface area contributed by atoms with E-state index < -0.39 is 8.07 Å². The van der Waals surface area contributed by atoms with Gasteiger partial charge in [-0.05, 0) is 87.2 Å². The fourth-order valence-electron chi connectivity index (χ4n) is 7.86. The number of nitrogens with zero attached hydrogens (tertiary/aromatic N) is 1. The van der Waals surface area contributed by atoms with Gasteiger partial charge in [0.05, 0.1) is 0 Å². The van der Waals surface area contributed by atoms with Crippen LogP contribution in [-0.2, 0) is 0 Å². The first-order chi connectivity index (χ1) is 23.5. The third-order valence-electron chi connectivity index (χ3n) is 10.3. The van der Waals surface area contributed by atoms with Gasteiger partial charge in [-0.15, -0.1) is 22.7 Å². The van der Waals surface area contributed by atoms with Crippen LogP contribution >= 0.6 is 22.7 Å². The molecule has 0 aliphatic carbocycles. The Bertz CT molecular complexity index is 2700. The maximum atomic E-state index is 2.52. The molecule has 0 spiro atoms.